The zero-order valence-electron chi connectivity index (χ0n) is 12.7. The number of nitrogens with zero attached hydrogens (tertiary/aromatic N) is 1. The van der Waals surface area contributed by atoms with E-state index in [0.717, 1.165) is 5.92 Å². The summed E-state index contributed by atoms with van der Waals surface area (Å²) in [6, 6.07) is 0. The molecule has 2 aliphatic carbocycles. The van der Waals surface area contributed by atoms with Crippen molar-refractivity contribution in [3.8, 4) is 0 Å². The smallest absolute Gasteiger partial charge is 0.00187 e. The Morgan fingerprint density at radius 1 is 1.16 bits per heavy atom. The molecule has 0 aromatic carbocycles. The fraction of sp³-hybridized carbons (Fsp3) is 0.778. The van der Waals surface area contributed by atoms with Crippen molar-refractivity contribution in [2.45, 2.75) is 64.7 Å². The maximum Gasteiger partial charge on any atom is 0.00187 e. The van der Waals surface area contributed by atoms with Crippen LogP contribution in [0.25, 0.3) is 0 Å². The fourth-order valence-electron chi connectivity index (χ4n) is 3.45. The lowest BCUT2D eigenvalue weighted by molar-refractivity contribution is 0.209. The van der Waals surface area contributed by atoms with E-state index in [4.69, 9.17) is 0 Å². The molecule has 0 spiro atoms. The normalized spacial score (nSPS) is 21.5. The van der Waals surface area contributed by atoms with Crippen LogP contribution in [0.2, 0.25) is 0 Å². The summed E-state index contributed by atoms with van der Waals surface area (Å²) in [5, 5.41) is 0. The molecule has 108 valence electrons. The lowest BCUT2D eigenvalue weighted by Crippen LogP contribution is -2.31. The maximum atomic E-state index is 2.69. The molecule has 1 heteroatoms. The molecule has 0 bridgehead atoms. The molecule has 2 rings (SSSR count). The van der Waals surface area contributed by atoms with Gasteiger partial charge in [-0.2, -0.15) is 0 Å². The lowest BCUT2D eigenvalue weighted by atomic mass is 9.89. The van der Waals surface area contributed by atoms with Crippen LogP contribution < -0.4 is 0 Å². The maximum absolute atomic E-state index is 2.69. The molecule has 1 fully saturated rings. The third-order valence-corrected chi connectivity index (χ3v) is 4.77. The fourth-order valence-corrected chi connectivity index (χ4v) is 3.45. The van der Waals surface area contributed by atoms with E-state index in [-0.39, 0.29) is 0 Å². The second kappa shape index (κ2) is 8.58. The highest BCUT2D eigenvalue weighted by Gasteiger charge is 2.16. The Balaban J connectivity index is 1.72. The van der Waals surface area contributed by atoms with Gasteiger partial charge in [0.2, 0.25) is 0 Å². The first-order chi connectivity index (χ1) is 9.38. The molecule has 0 amide bonds. The van der Waals surface area contributed by atoms with E-state index in [1.54, 1.807) is 5.57 Å². The van der Waals surface area contributed by atoms with Crippen LogP contribution in [0.3, 0.4) is 0 Å². The van der Waals surface area contributed by atoms with Gasteiger partial charge in [0.25, 0.3) is 0 Å². The van der Waals surface area contributed by atoms with Gasteiger partial charge in [0, 0.05) is 13.1 Å². The zero-order valence-corrected chi connectivity index (χ0v) is 12.7. The minimum Gasteiger partial charge on any atom is -0.303 e. The average molecular weight is 261 g/mol. The molecule has 0 saturated heterocycles. The Morgan fingerprint density at radius 3 is 2.79 bits per heavy atom. The Bertz CT molecular complexity index is 297. The van der Waals surface area contributed by atoms with E-state index in [1.807, 2.05) is 0 Å². The molecule has 0 heterocycles. The molecule has 1 saturated carbocycles. The van der Waals surface area contributed by atoms with E-state index in [9.17, 15) is 0 Å². The molecule has 0 aliphatic heterocycles. The quantitative estimate of drug-likeness (QED) is 0.654. The van der Waals surface area contributed by atoms with Crippen molar-refractivity contribution < 1.29 is 0 Å². The Hall–Kier alpha value is -0.560. The van der Waals surface area contributed by atoms with Crippen LogP contribution in [0.15, 0.2) is 23.8 Å². The molecule has 0 aromatic heterocycles. The summed E-state index contributed by atoms with van der Waals surface area (Å²) in [6.45, 7) is 6.16. The molecule has 0 aromatic rings. The van der Waals surface area contributed by atoms with Gasteiger partial charge in [-0.1, -0.05) is 50.0 Å². The Morgan fingerprint density at radius 2 is 2.00 bits per heavy atom. The van der Waals surface area contributed by atoms with Gasteiger partial charge in [-0.3, -0.25) is 0 Å². The summed E-state index contributed by atoms with van der Waals surface area (Å²) in [5.74, 6) is 0.983. The second-order valence-electron chi connectivity index (χ2n) is 6.29. The van der Waals surface area contributed by atoms with Crippen molar-refractivity contribution >= 4 is 0 Å². The molecule has 0 unspecified atom stereocenters. The first-order valence-electron chi connectivity index (χ1n) is 8.45. The van der Waals surface area contributed by atoms with Crippen molar-refractivity contribution in [2.75, 3.05) is 19.6 Å². The van der Waals surface area contributed by atoms with Crippen LogP contribution >= 0.6 is 0 Å². The summed E-state index contributed by atoms with van der Waals surface area (Å²) in [4.78, 5) is 2.69. The van der Waals surface area contributed by atoms with Crippen molar-refractivity contribution in [1.29, 1.82) is 0 Å². The van der Waals surface area contributed by atoms with E-state index >= 15 is 0 Å². The molecule has 0 atom stereocenters. The molecule has 0 radical (unpaired) electrons. The first-order valence-corrected chi connectivity index (χ1v) is 8.45. The molecule has 0 N–H and O–H groups in total. The third kappa shape index (κ3) is 5.52. The largest absolute Gasteiger partial charge is 0.303 e. The average Bonchev–Trinajstić information content (AvgIpc) is 2.73. The highest BCUT2D eigenvalue weighted by molar-refractivity contribution is 5.15. The molecule has 1 nitrogen and oxygen atoms in total. The predicted molar refractivity (Wildman–Crippen MR) is 84.4 cm³/mol. The topological polar surface area (TPSA) is 3.24 Å². The monoisotopic (exact) mass is 261 g/mol. The summed E-state index contributed by atoms with van der Waals surface area (Å²) in [5.41, 5.74) is 1.66. The number of hydrogen-bond donors (Lipinski definition) is 0. The minimum atomic E-state index is 0.983. The van der Waals surface area contributed by atoms with Gasteiger partial charge in [-0.15, -0.1) is 0 Å². The van der Waals surface area contributed by atoms with Gasteiger partial charge in [0.15, 0.2) is 0 Å². The number of rotatable bonds is 6. The zero-order chi connectivity index (χ0) is 13.3. The van der Waals surface area contributed by atoms with E-state index in [1.165, 1.54) is 77.4 Å². The number of hydrogen-bond acceptors (Lipinski definition) is 1. The standard InChI is InChI=1S/C18H31N/c1-2-19(16-18-12-8-5-9-13-18)15-14-17-10-6-3-4-7-11-17/h3,6,10,18H,2,4-5,7-9,11-16H2,1H3. The molecular weight excluding hydrogens is 230 g/mol. The Labute approximate surface area is 119 Å². The van der Waals surface area contributed by atoms with Crippen molar-refractivity contribution in [3.63, 3.8) is 0 Å². The SMILES string of the molecule is CCN(CCC1=CC=CCCC1)CC1CCCCC1. The van der Waals surface area contributed by atoms with Crippen LogP contribution in [0.1, 0.15) is 64.7 Å². The molecule has 2 aliphatic rings. The van der Waals surface area contributed by atoms with Crippen LogP contribution in [-0.2, 0) is 0 Å². The van der Waals surface area contributed by atoms with Crippen molar-refractivity contribution in [2.24, 2.45) is 5.92 Å². The van der Waals surface area contributed by atoms with Gasteiger partial charge in [-0.05, 0) is 51.0 Å². The van der Waals surface area contributed by atoms with Gasteiger partial charge < -0.3 is 4.90 Å². The number of allylic oxidation sites excluding steroid dienone is 3. The van der Waals surface area contributed by atoms with E-state index < -0.39 is 0 Å². The summed E-state index contributed by atoms with van der Waals surface area (Å²) < 4.78 is 0. The van der Waals surface area contributed by atoms with Crippen LogP contribution in [0.5, 0.6) is 0 Å². The van der Waals surface area contributed by atoms with Crippen LogP contribution in [0, 0.1) is 5.92 Å². The predicted octanol–water partition coefficient (Wildman–Crippen LogP) is 4.95. The third-order valence-electron chi connectivity index (χ3n) is 4.77. The van der Waals surface area contributed by atoms with Crippen molar-refractivity contribution in [3.05, 3.63) is 23.8 Å². The van der Waals surface area contributed by atoms with Gasteiger partial charge in [0.1, 0.15) is 0 Å². The summed E-state index contributed by atoms with van der Waals surface area (Å²) >= 11 is 0. The van der Waals surface area contributed by atoms with Crippen molar-refractivity contribution in [1.82, 2.24) is 4.90 Å². The molecule has 19 heavy (non-hydrogen) atoms. The van der Waals surface area contributed by atoms with Crippen LogP contribution in [-0.4, -0.2) is 24.5 Å². The Kier molecular flexibility index (Phi) is 6.70. The lowest BCUT2D eigenvalue weighted by Gasteiger charge is -2.29. The van der Waals surface area contributed by atoms with Gasteiger partial charge >= 0.3 is 0 Å². The van der Waals surface area contributed by atoms with E-state index in [0.29, 0.717) is 0 Å². The highest BCUT2D eigenvalue weighted by Crippen LogP contribution is 2.25. The summed E-state index contributed by atoms with van der Waals surface area (Å²) in [6.07, 6.45) is 19.5. The minimum absolute atomic E-state index is 0.983. The second-order valence-corrected chi connectivity index (χ2v) is 6.29. The molecular formula is C18H31N. The van der Waals surface area contributed by atoms with E-state index in [2.05, 4.69) is 30.1 Å². The van der Waals surface area contributed by atoms with Gasteiger partial charge in [0.05, 0.1) is 0 Å². The summed E-state index contributed by atoms with van der Waals surface area (Å²) in [7, 11) is 0. The first kappa shape index (κ1) is 14.8. The van der Waals surface area contributed by atoms with Crippen LogP contribution in [0.4, 0.5) is 0 Å². The highest BCUT2D eigenvalue weighted by atomic mass is 15.1. The van der Waals surface area contributed by atoms with Gasteiger partial charge in [-0.25, -0.2) is 0 Å².